The SMILES string of the molecule is CCCCCCCCc1ccc(C(O)C(O)c2ccc(CCCCCCCC)cc2)cc1. The second kappa shape index (κ2) is 16.0. The van der Waals surface area contributed by atoms with Crippen LogP contribution in [0.2, 0.25) is 0 Å². The van der Waals surface area contributed by atoms with Gasteiger partial charge in [-0.25, -0.2) is 0 Å². The Balaban J connectivity index is 1.76. The average molecular weight is 439 g/mol. The molecule has 0 saturated carbocycles. The summed E-state index contributed by atoms with van der Waals surface area (Å²) in [7, 11) is 0. The van der Waals surface area contributed by atoms with E-state index in [9.17, 15) is 10.2 Å². The van der Waals surface area contributed by atoms with E-state index in [0.717, 1.165) is 24.0 Å². The molecule has 0 heterocycles. The monoisotopic (exact) mass is 438 g/mol. The molecule has 0 aliphatic carbocycles. The molecule has 0 amide bonds. The van der Waals surface area contributed by atoms with Crippen LogP contribution in [0.3, 0.4) is 0 Å². The molecule has 0 fully saturated rings. The van der Waals surface area contributed by atoms with E-state index in [0.29, 0.717) is 0 Å². The average Bonchev–Trinajstić information content (AvgIpc) is 2.83. The van der Waals surface area contributed by atoms with E-state index in [1.807, 2.05) is 24.3 Å². The predicted molar refractivity (Wildman–Crippen MR) is 137 cm³/mol. The predicted octanol–water partition coefficient (Wildman–Crippen LogP) is 8.26. The highest BCUT2D eigenvalue weighted by Gasteiger charge is 2.20. The summed E-state index contributed by atoms with van der Waals surface area (Å²) in [6, 6.07) is 16.3. The number of benzene rings is 2. The maximum atomic E-state index is 10.7. The molecular weight excluding hydrogens is 392 g/mol. The molecule has 178 valence electrons. The van der Waals surface area contributed by atoms with Gasteiger partial charge >= 0.3 is 0 Å². The molecule has 2 nitrogen and oxygen atoms in total. The van der Waals surface area contributed by atoms with E-state index in [2.05, 4.69) is 38.1 Å². The van der Waals surface area contributed by atoms with Crippen molar-refractivity contribution >= 4 is 0 Å². The molecule has 0 saturated heterocycles. The zero-order valence-electron chi connectivity index (χ0n) is 20.6. The fourth-order valence-corrected chi connectivity index (χ4v) is 4.35. The third-order valence-electron chi connectivity index (χ3n) is 6.58. The number of rotatable bonds is 17. The van der Waals surface area contributed by atoms with Gasteiger partial charge < -0.3 is 10.2 Å². The number of aliphatic hydroxyl groups is 2. The van der Waals surface area contributed by atoms with Gasteiger partial charge in [0.15, 0.2) is 0 Å². The molecule has 0 spiro atoms. The van der Waals surface area contributed by atoms with Crippen molar-refractivity contribution < 1.29 is 10.2 Å². The summed E-state index contributed by atoms with van der Waals surface area (Å²) in [5, 5.41) is 21.4. The highest BCUT2D eigenvalue weighted by atomic mass is 16.3. The summed E-state index contributed by atoms with van der Waals surface area (Å²) in [5.41, 5.74) is 4.18. The molecule has 2 atom stereocenters. The smallest absolute Gasteiger partial charge is 0.109 e. The normalized spacial score (nSPS) is 13.2. The van der Waals surface area contributed by atoms with Crippen LogP contribution >= 0.6 is 0 Å². The van der Waals surface area contributed by atoms with E-state index < -0.39 is 12.2 Å². The van der Waals surface area contributed by atoms with Crippen LogP contribution in [-0.2, 0) is 12.8 Å². The molecule has 2 N–H and O–H groups in total. The number of aliphatic hydroxyl groups excluding tert-OH is 2. The molecule has 2 unspecified atom stereocenters. The highest BCUT2D eigenvalue weighted by molar-refractivity contribution is 5.29. The van der Waals surface area contributed by atoms with Crippen LogP contribution in [0.1, 0.15) is 125 Å². The summed E-state index contributed by atoms with van der Waals surface area (Å²) < 4.78 is 0. The minimum Gasteiger partial charge on any atom is -0.385 e. The highest BCUT2D eigenvalue weighted by Crippen LogP contribution is 2.29. The standard InChI is InChI=1S/C30H46O2/c1-3-5-7-9-11-13-15-25-17-21-27(22-18-25)29(31)30(32)28-23-19-26(20-24-28)16-14-12-10-8-6-4-2/h17-24,29-32H,3-16H2,1-2H3. The Morgan fingerprint density at radius 2 is 0.781 bits per heavy atom. The van der Waals surface area contributed by atoms with E-state index in [-0.39, 0.29) is 0 Å². The van der Waals surface area contributed by atoms with Crippen LogP contribution in [0.5, 0.6) is 0 Å². The summed E-state index contributed by atoms with van der Waals surface area (Å²) in [5.74, 6) is 0. The lowest BCUT2D eigenvalue weighted by Crippen LogP contribution is -2.10. The van der Waals surface area contributed by atoms with Gasteiger partial charge in [-0.1, -0.05) is 127 Å². The second-order valence-corrected chi connectivity index (χ2v) is 9.41. The fourth-order valence-electron chi connectivity index (χ4n) is 4.35. The van der Waals surface area contributed by atoms with Crippen LogP contribution in [0.4, 0.5) is 0 Å². The quantitative estimate of drug-likeness (QED) is 0.244. The third kappa shape index (κ3) is 9.88. The molecule has 0 radical (unpaired) electrons. The summed E-state index contributed by atoms with van der Waals surface area (Å²) in [6.07, 6.45) is 16.0. The molecule has 0 aromatic heterocycles. The van der Waals surface area contributed by atoms with Crippen molar-refractivity contribution in [2.24, 2.45) is 0 Å². The van der Waals surface area contributed by atoms with Crippen LogP contribution in [-0.4, -0.2) is 10.2 Å². The minimum absolute atomic E-state index is 0.778. The lowest BCUT2D eigenvalue weighted by Gasteiger charge is -2.19. The first-order valence-electron chi connectivity index (χ1n) is 13.2. The van der Waals surface area contributed by atoms with Crippen LogP contribution in [0, 0.1) is 0 Å². The Morgan fingerprint density at radius 1 is 0.469 bits per heavy atom. The largest absolute Gasteiger partial charge is 0.385 e. The first-order chi connectivity index (χ1) is 15.7. The van der Waals surface area contributed by atoms with E-state index in [1.165, 1.54) is 88.2 Å². The number of hydrogen-bond acceptors (Lipinski definition) is 2. The first kappa shape index (κ1) is 26.6. The molecule has 2 aromatic carbocycles. The zero-order valence-corrected chi connectivity index (χ0v) is 20.6. The van der Waals surface area contributed by atoms with Crippen molar-refractivity contribution in [3.8, 4) is 0 Å². The second-order valence-electron chi connectivity index (χ2n) is 9.41. The Bertz CT molecular complexity index is 641. The first-order valence-corrected chi connectivity index (χ1v) is 13.2. The lowest BCUT2D eigenvalue weighted by atomic mass is 9.95. The van der Waals surface area contributed by atoms with Gasteiger partial charge in [0.25, 0.3) is 0 Å². The molecule has 2 rings (SSSR count). The van der Waals surface area contributed by atoms with Gasteiger partial charge in [-0.3, -0.25) is 0 Å². The Hall–Kier alpha value is -1.64. The molecule has 0 bridgehead atoms. The van der Waals surface area contributed by atoms with Gasteiger partial charge in [-0.15, -0.1) is 0 Å². The molecule has 0 aliphatic rings. The zero-order chi connectivity index (χ0) is 23.0. The fraction of sp³-hybridized carbons (Fsp3) is 0.600. The van der Waals surface area contributed by atoms with Crippen molar-refractivity contribution in [3.05, 3.63) is 70.8 Å². The molecule has 2 heteroatoms. The summed E-state index contributed by atoms with van der Waals surface area (Å²) in [6.45, 7) is 4.50. The van der Waals surface area contributed by atoms with Crippen LogP contribution in [0.15, 0.2) is 48.5 Å². The molecule has 0 aliphatic heterocycles. The van der Waals surface area contributed by atoms with Gasteiger partial charge in [0.05, 0.1) is 0 Å². The summed E-state index contributed by atoms with van der Waals surface area (Å²) >= 11 is 0. The van der Waals surface area contributed by atoms with Crippen molar-refractivity contribution in [3.63, 3.8) is 0 Å². The lowest BCUT2D eigenvalue weighted by molar-refractivity contribution is 0.0172. The topological polar surface area (TPSA) is 40.5 Å². The number of unbranched alkanes of at least 4 members (excludes halogenated alkanes) is 10. The van der Waals surface area contributed by atoms with Crippen molar-refractivity contribution in [2.45, 2.75) is 116 Å². The number of hydrogen-bond donors (Lipinski definition) is 2. The van der Waals surface area contributed by atoms with Gasteiger partial charge in [0.1, 0.15) is 12.2 Å². The Kier molecular flexibility index (Phi) is 13.3. The minimum atomic E-state index is -0.900. The molecule has 2 aromatic rings. The third-order valence-corrected chi connectivity index (χ3v) is 6.58. The molecular formula is C30H46O2. The Labute approximate surface area is 197 Å². The van der Waals surface area contributed by atoms with E-state index in [4.69, 9.17) is 0 Å². The van der Waals surface area contributed by atoms with E-state index >= 15 is 0 Å². The maximum Gasteiger partial charge on any atom is 0.109 e. The van der Waals surface area contributed by atoms with Gasteiger partial charge in [0, 0.05) is 0 Å². The van der Waals surface area contributed by atoms with Gasteiger partial charge in [-0.2, -0.15) is 0 Å². The van der Waals surface area contributed by atoms with Crippen molar-refractivity contribution in [1.29, 1.82) is 0 Å². The van der Waals surface area contributed by atoms with Crippen molar-refractivity contribution in [2.75, 3.05) is 0 Å². The van der Waals surface area contributed by atoms with Gasteiger partial charge in [0.2, 0.25) is 0 Å². The summed E-state index contributed by atoms with van der Waals surface area (Å²) in [4.78, 5) is 0. The van der Waals surface area contributed by atoms with Crippen LogP contribution in [0.25, 0.3) is 0 Å². The van der Waals surface area contributed by atoms with E-state index in [1.54, 1.807) is 0 Å². The Morgan fingerprint density at radius 3 is 1.12 bits per heavy atom. The number of aryl methyl sites for hydroxylation is 2. The van der Waals surface area contributed by atoms with Gasteiger partial charge in [-0.05, 0) is 47.9 Å². The molecule has 32 heavy (non-hydrogen) atoms. The van der Waals surface area contributed by atoms with Crippen molar-refractivity contribution in [1.82, 2.24) is 0 Å². The van der Waals surface area contributed by atoms with Crippen LogP contribution < -0.4 is 0 Å². The maximum absolute atomic E-state index is 10.7.